The summed E-state index contributed by atoms with van der Waals surface area (Å²) in [5, 5.41) is 4.95. The summed E-state index contributed by atoms with van der Waals surface area (Å²) in [5.74, 6) is -1.16. The summed E-state index contributed by atoms with van der Waals surface area (Å²) >= 11 is 0. The van der Waals surface area contributed by atoms with Gasteiger partial charge in [-0.1, -0.05) is 50.1 Å². The first-order valence-electron chi connectivity index (χ1n) is 7.16. The zero-order valence-electron chi connectivity index (χ0n) is 12.5. The first-order chi connectivity index (χ1) is 10.5. The number of amides is 4. The molecule has 6 N–H and O–H groups in total. The van der Waals surface area contributed by atoms with E-state index in [0.717, 1.165) is 12.8 Å². The van der Waals surface area contributed by atoms with E-state index in [2.05, 4.69) is 10.6 Å². The Morgan fingerprint density at radius 1 is 1.09 bits per heavy atom. The lowest BCUT2D eigenvalue weighted by molar-refractivity contribution is -0.128. The Hall–Kier alpha value is -2.57. The summed E-state index contributed by atoms with van der Waals surface area (Å²) in [6.45, 7) is 1.97. The van der Waals surface area contributed by atoms with Crippen LogP contribution in [-0.2, 0) is 9.59 Å². The van der Waals surface area contributed by atoms with Crippen molar-refractivity contribution in [3.05, 3.63) is 35.9 Å². The van der Waals surface area contributed by atoms with Gasteiger partial charge in [0.05, 0.1) is 0 Å². The normalized spacial score (nSPS) is 13.0. The minimum atomic E-state index is -0.951. The van der Waals surface area contributed by atoms with Gasteiger partial charge in [0, 0.05) is 0 Å². The third-order valence-corrected chi connectivity index (χ3v) is 3.18. The van der Waals surface area contributed by atoms with E-state index in [4.69, 9.17) is 11.5 Å². The standard InChI is InChI=1S/C15H22N4O3/c1-2-3-9-11(18-15(17)22)14(21)19-12(13(16)20)10-7-5-4-6-8-10/h4-8,11-12H,2-3,9H2,1H3,(H2,16,20)(H,19,21)(H3,17,18,22)/t11-,12-/m1/s1. The van der Waals surface area contributed by atoms with Gasteiger partial charge >= 0.3 is 6.03 Å². The first-order valence-corrected chi connectivity index (χ1v) is 7.16. The van der Waals surface area contributed by atoms with Crippen LogP contribution in [0.3, 0.4) is 0 Å². The Morgan fingerprint density at radius 3 is 2.23 bits per heavy atom. The Kier molecular flexibility index (Phi) is 6.88. The molecule has 2 atom stereocenters. The number of carbonyl (C=O) groups excluding carboxylic acids is 3. The average Bonchev–Trinajstić information content (AvgIpc) is 2.49. The van der Waals surface area contributed by atoms with Crippen molar-refractivity contribution >= 4 is 17.8 Å². The van der Waals surface area contributed by atoms with Crippen LogP contribution >= 0.6 is 0 Å². The summed E-state index contributed by atoms with van der Waals surface area (Å²) in [5.41, 5.74) is 11.0. The molecule has 0 aliphatic carbocycles. The number of benzene rings is 1. The summed E-state index contributed by atoms with van der Waals surface area (Å²) in [6, 6.07) is 6.14. The first kappa shape index (κ1) is 17.5. The van der Waals surface area contributed by atoms with Crippen LogP contribution in [0.15, 0.2) is 30.3 Å². The Bertz CT molecular complexity index is 519. The fraction of sp³-hybridized carbons (Fsp3) is 0.400. The molecule has 0 heterocycles. The number of nitrogens with two attached hydrogens (primary N) is 2. The third-order valence-electron chi connectivity index (χ3n) is 3.18. The van der Waals surface area contributed by atoms with Gasteiger partial charge in [-0.3, -0.25) is 9.59 Å². The number of nitrogens with one attached hydrogen (secondary N) is 2. The predicted octanol–water partition coefficient (Wildman–Crippen LogP) is 0.556. The summed E-state index contributed by atoms with van der Waals surface area (Å²) in [6.07, 6.45) is 2.04. The molecule has 4 amide bonds. The lowest BCUT2D eigenvalue weighted by Crippen LogP contribution is -2.50. The zero-order valence-corrected chi connectivity index (χ0v) is 12.5. The second-order valence-corrected chi connectivity index (χ2v) is 4.96. The molecule has 0 aliphatic rings. The molecule has 120 valence electrons. The molecule has 0 unspecified atom stereocenters. The quantitative estimate of drug-likeness (QED) is 0.560. The van der Waals surface area contributed by atoms with Gasteiger partial charge in [0.2, 0.25) is 11.8 Å². The van der Waals surface area contributed by atoms with Crippen molar-refractivity contribution in [1.82, 2.24) is 10.6 Å². The highest BCUT2D eigenvalue weighted by molar-refractivity contribution is 5.91. The van der Waals surface area contributed by atoms with E-state index in [1.165, 1.54) is 0 Å². The van der Waals surface area contributed by atoms with Gasteiger partial charge in [-0.15, -0.1) is 0 Å². The third kappa shape index (κ3) is 5.43. The van der Waals surface area contributed by atoms with Crippen molar-refractivity contribution in [2.75, 3.05) is 0 Å². The molecule has 22 heavy (non-hydrogen) atoms. The van der Waals surface area contributed by atoms with E-state index in [9.17, 15) is 14.4 Å². The zero-order chi connectivity index (χ0) is 16.5. The van der Waals surface area contributed by atoms with Crippen LogP contribution in [0.4, 0.5) is 4.79 Å². The van der Waals surface area contributed by atoms with Crippen LogP contribution in [0.5, 0.6) is 0 Å². The Morgan fingerprint density at radius 2 is 1.73 bits per heavy atom. The van der Waals surface area contributed by atoms with Gasteiger partial charge in [-0.2, -0.15) is 0 Å². The molecule has 7 nitrogen and oxygen atoms in total. The minimum Gasteiger partial charge on any atom is -0.368 e. The molecule has 0 aliphatic heterocycles. The maximum Gasteiger partial charge on any atom is 0.312 e. The second-order valence-electron chi connectivity index (χ2n) is 4.96. The topological polar surface area (TPSA) is 127 Å². The van der Waals surface area contributed by atoms with Crippen LogP contribution in [0.25, 0.3) is 0 Å². The van der Waals surface area contributed by atoms with Crippen molar-refractivity contribution in [2.24, 2.45) is 11.5 Å². The van der Waals surface area contributed by atoms with Crippen LogP contribution in [0.2, 0.25) is 0 Å². The van der Waals surface area contributed by atoms with E-state index in [0.29, 0.717) is 12.0 Å². The van der Waals surface area contributed by atoms with Crippen molar-refractivity contribution in [1.29, 1.82) is 0 Å². The van der Waals surface area contributed by atoms with Crippen LogP contribution in [-0.4, -0.2) is 23.9 Å². The molecular formula is C15H22N4O3. The molecule has 0 spiro atoms. The van der Waals surface area contributed by atoms with Gasteiger partial charge < -0.3 is 22.1 Å². The molecule has 7 heteroatoms. The number of unbranched alkanes of at least 4 members (excludes halogenated alkanes) is 1. The largest absolute Gasteiger partial charge is 0.368 e. The van der Waals surface area contributed by atoms with Crippen molar-refractivity contribution in [3.8, 4) is 0 Å². The summed E-state index contributed by atoms with van der Waals surface area (Å²) in [4.78, 5) is 34.9. The van der Waals surface area contributed by atoms with Gasteiger partial charge in [-0.05, 0) is 12.0 Å². The monoisotopic (exact) mass is 306 g/mol. The smallest absolute Gasteiger partial charge is 0.312 e. The van der Waals surface area contributed by atoms with E-state index < -0.39 is 29.9 Å². The lowest BCUT2D eigenvalue weighted by atomic mass is 10.0. The Labute approximate surface area is 129 Å². The highest BCUT2D eigenvalue weighted by Crippen LogP contribution is 2.13. The van der Waals surface area contributed by atoms with E-state index in [1.54, 1.807) is 30.3 Å². The summed E-state index contributed by atoms with van der Waals surface area (Å²) < 4.78 is 0. The maximum atomic E-state index is 12.3. The lowest BCUT2D eigenvalue weighted by Gasteiger charge is -2.21. The highest BCUT2D eigenvalue weighted by Gasteiger charge is 2.25. The molecule has 1 rings (SSSR count). The molecule has 1 aromatic rings. The number of hydrogen-bond acceptors (Lipinski definition) is 3. The molecule has 0 saturated carbocycles. The number of urea groups is 1. The average molecular weight is 306 g/mol. The van der Waals surface area contributed by atoms with E-state index >= 15 is 0 Å². The molecule has 0 bridgehead atoms. The van der Waals surface area contributed by atoms with Crippen LogP contribution < -0.4 is 22.1 Å². The van der Waals surface area contributed by atoms with Crippen LogP contribution in [0.1, 0.15) is 37.8 Å². The van der Waals surface area contributed by atoms with Crippen LogP contribution in [0, 0.1) is 0 Å². The van der Waals surface area contributed by atoms with Gasteiger partial charge in [0.15, 0.2) is 0 Å². The minimum absolute atomic E-state index is 0.436. The van der Waals surface area contributed by atoms with Crippen molar-refractivity contribution in [2.45, 2.75) is 38.3 Å². The van der Waals surface area contributed by atoms with Gasteiger partial charge in [0.25, 0.3) is 0 Å². The SMILES string of the molecule is CCCC[C@@H](NC(N)=O)C(=O)N[C@@H](C(N)=O)c1ccccc1. The predicted molar refractivity (Wildman–Crippen MR) is 82.6 cm³/mol. The van der Waals surface area contributed by atoms with Crippen molar-refractivity contribution in [3.63, 3.8) is 0 Å². The summed E-state index contributed by atoms with van der Waals surface area (Å²) in [7, 11) is 0. The number of primary amides is 2. The van der Waals surface area contributed by atoms with E-state index in [1.807, 2.05) is 6.92 Å². The fourth-order valence-electron chi connectivity index (χ4n) is 2.06. The number of carbonyl (C=O) groups is 3. The molecule has 0 radical (unpaired) electrons. The van der Waals surface area contributed by atoms with Gasteiger partial charge in [0.1, 0.15) is 12.1 Å². The highest BCUT2D eigenvalue weighted by atomic mass is 16.2. The molecule has 0 saturated heterocycles. The van der Waals surface area contributed by atoms with Crippen molar-refractivity contribution < 1.29 is 14.4 Å². The molecule has 0 aromatic heterocycles. The molecule has 1 aromatic carbocycles. The molecule has 0 fully saturated rings. The second kappa shape index (κ2) is 8.66. The number of rotatable bonds is 8. The number of hydrogen-bond donors (Lipinski definition) is 4. The van der Waals surface area contributed by atoms with Gasteiger partial charge in [-0.25, -0.2) is 4.79 Å². The Balaban J connectivity index is 2.83. The fourth-order valence-corrected chi connectivity index (χ4v) is 2.06. The molecular weight excluding hydrogens is 284 g/mol. The van der Waals surface area contributed by atoms with E-state index in [-0.39, 0.29) is 0 Å². The maximum absolute atomic E-state index is 12.3.